The lowest BCUT2D eigenvalue weighted by Gasteiger charge is -2.13. The Hall–Kier alpha value is -7.19. The summed E-state index contributed by atoms with van der Waals surface area (Å²) in [5.74, 6) is 1.84. The molecule has 0 aliphatic carbocycles. The summed E-state index contributed by atoms with van der Waals surface area (Å²) in [6, 6.07) is 60.0. The predicted octanol–water partition coefficient (Wildman–Crippen LogP) is 14.6. The van der Waals surface area contributed by atoms with Crippen LogP contribution in [0.15, 0.2) is 174 Å². The van der Waals surface area contributed by atoms with Crippen molar-refractivity contribution in [1.29, 1.82) is 0 Å². The van der Waals surface area contributed by atoms with E-state index in [4.69, 9.17) is 19.4 Å². The summed E-state index contributed by atoms with van der Waals surface area (Å²) < 4.78 is 13.8. The van der Waals surface area contributed by atoms with Crippen molar-refractivity contribution in [1.82, 2.24) is 19.5 Å². The third kappa shape index (κ3) is 4.60. The lowest BCUT2D eigenvalue weighted by molar-refractivity contribution is 0.669. The summed E-state index contributed by atoms with van der Waals surface area (Å²) in [7, 11) is 0. The Balaban J connectivity index is 1.14. The number of fused-ring (bicyclic) bond motifs is 13. The maximum absolute atomic E-state index is 6.34. The SMILES string of the molecule is c1ccc(-c2nc(-c3cccc4oc5ccccc5c34)nc(-c3cc(-n4c5ccccc5c5c6sc7ccccc7c6ccc54)cc4sc5ccccc5c34)n2)cc1. The lowest BCUT2D eigenvalue weighted by atomic mass is 10.0. The zero-order valence-corrected chi connectivity index (χ0v) is 32.3. The molecule has 8 aromatic carbocycles. The molecule has 5 nitrogen and oxygen atoms in total. The van der Waals surface area contributed by atoms with Crippen LogP contribution in [0.2, 0.25) is 0 Å². The number of aromatic nitrogens is 4. The van der Waals surface area contributed by atoms with E-state index in [1.807, 2.05) is 71.2 Å². The van der Waals surface area contributed by atoms with E-state index in [1.165, 1.54) is 51.2 Å². The van der Waals surface area contributed by atoms with Crippen molar-refractivity contribution < 1.29 is 4.42 Å². The Morgan fingerprint density at radius 1 is 0.397 bits per heavy atom. The summed E-state index contributed by atoms with van der Waals surface area (Å²) >= 11 is 3.69. The number of rotatable bonds is 4. The van der Waals surface area contributed by atoms with Gasteiger partial charge in [0, 0.05) is 84.3 Å². The first-order valence-corrected chi connectivity index (χ1v) is 20.9. The van der Waals surface area contributed by atoms with Gasteiger partial charge in [-0.3, -0.25) is 0 Å². The molecule has 7 heteroatoms. The fraction of sp³-hybridized carbons (Fsp3) is 0. The third-order valence-electron chi connectivity index (χ3n) is 11.5. The molecule has 5 heterocycles. The van der Waals surface area contributed by atoms with Crippen molar-refractivity contribution in [3.63, 3.8) is 0 Å². The molecule has 58 heavy (non-hydrogen) atoms. The van der Waals surface area contributed by atoms with Crippen LogP contribution in [-0.4, -0.2) is 19.5 Å². The van der Waals surface area contributed by atoms with Crippen LogP contribution >= 0.6 is 22.7 Å². The molecule has 5 aromatic heterocycles. The van der Waals surface area contributed by atoms with Crippen molar-refractivity contribution >= 4 is 107 Å². The fourth-order valence-electron chi connectivity index (χ4n) is 8.95. The molecule has 0 fully saturated rings. The minimum absolute atomic E-state index is 0.600. The van der Waals surface area contributed by atoms with Crippen LogP contribution in [0.25, 0.3) is 124 Å². The average Bonchev–Trinajstić information content (AvgIpc) is 4.05. The molecule has 0 aliphatic rings. The Morgan fingerprint density at radius 3 is 1.93 bits per heavy atom. The van der Waals surface area contributed by atoms with Gasteiger partial charge in [0.05, 0.1) is 11.0 Å². The van der Waals surface area contributed by atoms with Crippen LogP contribution in [0, 0.1) is 0 Å². The van der Waals surface area contributed by atoms with Gasteiger partial charge in [-0.05, 0) is 48.5 Å². The smallest absolute Gasteiger partial charge is 0.164 e. The summed E-state index contributed by atoms with van der Waals surface area (Å²) in [5.41, 5.74) is 7.82. The number of furan rings is 1. The van der Waals surface area contributed by atoms with Gasteiger partial charge in [0.2, 0.25) is 0 Å². The van der Waals surface area contributed by atoms with E-state index in [-0.39, 0.29) is 0 Å². The first-order valence-electron chi connectivity index (χ1n) is 19.3. The van der Waals surface area contributed by atoms with Gasteiger partial charge in [-0.2, -0.15) is 0 Å². The Labute approximate surface area is 338 Å². The summed E-state index contributed by atoms with van der Waals surface area (Å²) in [6.07, 6.45) is 0. The topological polar surface area (TPSA) is 56.7 Å². The minimum atomic E-state index is 0.600. The van der Waals surface area contributed by atoms with E-state index >= 15 is 0 Å². The van der Waals surface area contributed by atoms with Crippen LogP contribution < -0.4 is 0 Å². The largest absolute Gasteiger partial charge is 0.456 e. The zero-order chi connectivity index (χ0) is 37.9. The molecule has 0 atom stereocenters. The van der Waals surface area contributed by atoms with Gasteiger partial charge in [-0.1, -0.05) is 121 Å². The van der Waals surface area contributed by atoms with E-state index in [1.54, 1.807) is 0 Å². The first-order chi connectivity index (χ1) is 28.7. The van der Waals surface area contributed by atoms with Crippen LogP contribution in [0.1, 0.15) is 0 Å². The molecule has 0 unspecified atom stereocenters. The van der Waals surface area contributed by atoms with Crippen molar-refractivity contribution in [2.24, 2.45) is 0 Å². The second kappa shape index (κ2) is 12.2. The van der Waals surface area contributed by atoms with Gasteiger partial charge < -0.3 is 8.98 Å². The predicted molar refractivity (Wildman–Crippen MR) is 244 cm³/mol. The second-order valence-electron chi connectivity index (χ2n) is 14.7. The van der Waals surface area contributed by atoms with Crippen molar-refractivity contribution in [3.05, 3.63) is 170 Å². The minimum Gasteiger partial charge on any atom is -0.456 e. The van der Waals surface area contributed by atoms with Gasteiger partial charge in [0.25, 0.3) is 0 Å². The van der Waals surface area contributed by atoms with E-state index in [0.717, 1.165) is 55.2 Å². The molecule has 0 N–H and O–H groups in total. The van der Waals surface area contributed by atoms with Crippen LogP contribution in [0.3, 0.4) is 0 Å². The lowest BCUT2D eigenvalue weighted by Crippen LogP contribution is -2.02. The Bertz CT molecular complexity index is 3820. The normalized spacial score (nSPS) is 12.1. The second-order valence-corrected chi connectivity index (χ2v) is 16.8. The quantitative estimate of drug-likeness (QED) is 0.179. The number of benzene rings is 8. The first kappa shape index (κ1) is 32.0. The summed E-state index contributed by atoms with van der Waals surface area (Å²) in [4.78, 5) is 15.9. The van der Waals surface area contributed by atoms with Crippen LogP contribution in [0.4, 0.5) is 0 Å². The van der Waals surface area contributed by atoms with E-state index in [2.05, 4.69) is 126 Å². The van der Waals surface area contributed by atoms with Gasteiger partial charge >= 0.3 is 0 Å². The van der Waals surface area contributed by atoms with Gasteiger partial charge in [0.15, 0.2) is 17.5 Å². The maximum atomic E-state index is 6.34. The summed E-state index contributed by atoms with van der Waals surface area (Å²) in [5, 5.41) is 9.46. The van der Waals surface area contributed by atoms with E-state index in [9.17, 15) is 0 Å². The Morgan fingerprint density at radius 2 is 1.07 bits per heavy atom. The molecule has 0 spiro atoms. The number of nitrogens with zero attached hydrogens (tertiary/aromatic N) is 4. The molecular weight excluding hydrogens is 749 g/mol. The highest BCUT2D eigenvalue weighted by Gasteiger charge is 2.23. The van der Waals surface area contributed by atoms with Crippen LogP contribution in [0.5, 0.6) is 0 Å². The molecule has 0 radical (unpaired) electrons. The van der Waals surface area contributed by atoms with Crippen LogP contribution in [-0.2, 0) is 0 Å². The third-order valence-corrected chi connectivity index (χ3v) is 13.8. The number of hydrogen-bond donors (Lipinski definition) is 0. The fourth-order valence-corrected chi connectivity index (χ4v) is 11.4. The maximum Gasteiger partial charge on any atom is 0.164 e. The summed E-state index contributed by atoms with van der Waals surface area (Å²) in [6.45, 7) is 0. The van der Waals surface area contributed by atoms with E-state index in [0.29, 0.717) is 17.5 Å². The number of thiophene rings is 2. The molecule has 0 aliphatic heterocycles. The van der Waals surface area contributed by atoms with E-state index < -0.39 is 0 Å². The molecule has 0 bridgehead atoms. The average molecular weight is 777 g/mol. The number of hydrogen-bond acceptors (Lipinski definition) is 6. The van der Waals surface area contributed by atoms with Gasteiger partial charge in [0.1, 0.15) is 11.2 Å². The highest BCUT2D eigenvalue weighted by atomic mass is 32.1. The standard InChI is InChI=1S/C51H28N4OS2/c1-2-13-29(14-3-1)49-52-50(36-19-12-22-41-45(36)34-17-5-9-21-40(34)56-41)54-51(53-49)37-27-30(28-44-46(37)35-18-7-11-24-43(35)57-44)55-38-20-8-4-16-33(38)47-39(55)26-25-32-31-15-6-10-23-42(31)58-48(32)47/h1-28H. The monoisotopic (exact) mass is 776 g/mol. The Kier molecular flexibility index (Phi) is 6.70. The molecule has 13 aromatic rings. The van der Waals surface area contributed by atoms with Gasteiger partial charge in [-0.25, -0.2) is 15.0 Å². The van der Waals surface area contributed by atoms with Gasteiger partial charge in [-0.15, -0.1) is 22.7 Å². The molecule has 270 valence electrons. The van der Waals surface area contributed by atoms with Crippen molar-refractivity contribution in [3.8, 4) is 39.9 Å². The molecule has 0 saturated heterocycles. The number of para-hydroxylation sites is 2. The highest BCUT2D eigenvalue weighted by molar-refractivity contribution is 7.27. The van der Waals surface area contributed by atoms with Crippen molar-refractivity contribution in [2.75, 3.05) is 0 Å². The highest BCUT2D eigenvalue weighted by Crippen LogP contribution is 2.46. The molecule has 13 rings (SSSR count). The molecule has 0 amide bonds. The zero-order valence-electron chi connectivity index (χ0n) is 30.7. The van der Waals surface area contributed by atoms with Crippen molar-refractivity contribution in [2.45, 2.75) is 0 Å². The molecule has 0 saturated carbocycles. The molecular formula is C51H28N4OS2.